The monoisotopic (exact) mass is 238 g/mol. The lowest BCUT2D eigenvalue weighted by Crippen LogP contribution is -2.33. The standard InChI is InChI=1S/C13H22N2O2/c1-4-16-13(17-5-2)10-15-11(3)12-8-6-7-9-14-12/h6-9,11,13,15H,4-5,10H2,1-3H3/t11-/m1/s1. The maximum Gasteiger partial charge on any atom is 0.169 e. The number of aromatic nitrogens is 1. The second-order valence-electron chi connectivity index (χ2n) is 3.72. The van der Waals surface area contributed by atoms with E-state index in [4.69, 9.17) is 9.47 Å². The van der Waals surface area contributed by atoms with E-state index in [-0.39, 0.29) is 12.3 Å². The van der Waals surface area contributed by atoms with Gasteiger partial charge in [0.05, 0.1) is 5.69 Å². The second kappa shape index (κ2) is 8.17. The van der Waals surface area contributed by atoms with Gasteiger partial charge in [0.15, 0.2) is 6.29 Å². The lowest BCUT2D eigenvalue weighted by Gasteiger charge is -2.20. The number of pyridine rings is 1. The first kappa shape index (κ1) is 14.1. The van der Waals surface area contributed by atoms with Gasteiger partial charge in [0.25, 0.3) is 0 Å². The molecule has 4 heteroatoms. The van der Waals surface area contributed by atoms with E-state index in [9.17, 15) is 0 Å². The molecule has 0 aliphatic carbocycles. The molecule has 1 N–H and O–H groups in total. The molecule has 0 bridgehead atoms. The molecule has 0 amide bonds. The number of nitrogens with one attached hydrogen (secondary N) is 1. The summed E-state index contributed by atoms with van der Waals surface area (Å²) >= 11 is 0. The van der Waals surface area contributed by atoms with Gasteiger partial charge in [0.1, 0.15) is 0 Å². The topological polar surface area (TPSA) is 43.4 Å². The van der Waals surface area contributed by atoms with Gasteiger partial charge in [-0.05, 0) is 32.9 Å². The molecule has 17 heavy (non-hydrogen) atoms. The molecule has 0 aliphatic rings. The summed E-state index contributed by atoms with van der Waals surface area (Å²) in [5.74, 6) is 0. The molecule has 4 nitrogen and oxygen atoms in total. The van der Waals surface area contributed by atoms with Gasteiger partial charge in [-0.25, -0.2) is 0 Å². The van der Waals surface area contributed by atoms with Gasteiger partial charge >= 0.3 is 0 Å². The smallest absolute Gasteiger partial charge is 0.169 e. The Morgan fingerprint density at radius 2 is 1.94 bits per heavy atom. The summed E-state index contributed by atoms with van der Waals surface area (Å²) in [7, 11) is 0. The van der Waals surface area contributed by atoms with Crippen molar-refractivity contribution in [3.63, 3.8) is 0 Å². The summed E-state index contributed by atoms with van der Waals surface area (Å²) in [5, 5.41) is 3.36. The second-order valence-corrected chi connectivity index (χ2v) is 3.72. The minimum absolute atomic E-state index is 0.184. The first-order valence-corrected chi connectivity index (χ1v) is 6.15. The van der Waals surface area contributed by atoms with Crippen molar-refractivity contribution < 1.29 is 9.47 Å². The first-order valence-electron chi connectivity index (χ1n) is 6.15. The van der Waals surface area contributed by atoms with Crippen LogP contribution in [0.15, 0.2) is 24.4 Å². The van der Waals surface area contributed by atoms with Crippen molar-refractivity contribution in [2.24, 2.45) is 0 Å². The highest BCUT2D eigenvalue weighted by Crippen LogP contribution is 2.08. The quantitative estimate of drug-likeness (QED) is 0.705. The van der Waals surface area contributed by atoms with Crippen LogP contribution in [0.4, 0.5) is 0 Å². The highest BCUT2D eigenvalue weighted by atomic mass is 16.7. The predicted octanol–water partition coefficient (Wildman–Crippen LogP) is 2.13. The van der Waals surface area contributed by atoms with Crippen LogP contribution in [0, 0.1) is 0 Å². The van der Waals surface area contributed by atoms with Crippen LogP contribution in [0.5, 0.6) is 0 Å². The molecule has 0 radical (unpaired) electrons. The van der Waals surface area contributed by atoms with E-state index in [2.05, 4.69) is 17.2 Å². The lowest BCUT2D eigenvalue weighted by atomic mass is 10.2. The molecule has 0 aromatic carbocycles. The van der Waals surface area contributed by atoms with Gasteiger partial charge in [-0.3, -0.25) is 4.98 Å². The molecule has 0 spiro atoms. The Hall–Kier alpha value is -0.970. The van der Waals surface area contributed by atoms with Crippen molar-refractivity contribution in [1.82, 2.24) is 10.3 Å². The Morgan fingerprint density at radius 3 is 2.47 bits per heavy atom. The highest BCUT2D eigenvalue weighted by Gasteiger charge is 2.11. The van der Waals surface area contributed by atoms with E-state index in [1.165, 1.54) is 0 Å². The molecule has 0 unspecified atom stereocenters. The van der Waals surface area contributed by atoms with Crippen LogP contribution in [0.3, 0.4) is 0 Å². The van der Waals surface area contributed by atoms with Gasteiger partial charge in [-0.1, -0.05) is 6.07 Å². The van der Waals surface area contributed by atoms with E-state index >= 15 is 0 Å². The van der Waals surface area contributed by atoms with Crippen LogP contribution in [-0.2, 0) is 9.47 Å². The van der Waals surface area contributed by atoms with Crippen molar-refractivity contribution in [3.8, 4) is 0 Å². The average molecular weight is 238 g/mol. The molecular weight excluding hydrogens is 216 g/mol. The van der Waals surface area contributed by atoms with Crippen LogP contribution < -0.4 is 5.32 Å². The Bertz CT molecular complexity index is 287. The molecule has 96 valence electrons. The van der Waals surface area contributed by atoms with Crippen LogP contribution in [-0.4, -0.2) is 31.0 Å². The molecule has 0 saturated carbocycles. The number of nitrogens with zero attached hydrogens (tertiary/aromatic N) is 1. The number of ether oxygens (including phenoxy) is 2. The first-order chi connectivity index (χ1) is 8.27. The predicted molar refractivity (Wildman–Crippen MR) is 67.7 cm³/mol. The summed E-state index contributed by atoms with van der Waals surface area (Å²) in [6.45, 7) is 7.99. The number of hydrogen-bond donors (Lipinski definition) is 1. The average Bonchev–Trinajstić information content (AvgIpc) is 2.37. The Morgan fingerprint density at radius 1 is 1.24 bits per heavy atom. The van der Waals surface area contributed by atoms with Gasteiger partial charge in [-0.15, -0.1) is 0 Å². The summed E-state index contributed by atoms with van der Waals surface area (Å²) in [4.78, 5) is 4.30. The van der Waals surface area contributed by atoms with Gasteiger partial charge in [-0.2, -0.15) is 0 Å². The summed E-state index contributed by atoms with van der Waals surface area (Å²) in [6.07, 6.45) is 1.62. The number of hydrogen-bond acceptors (Lipinski definition) is 4. The van der Waals surface area contributed by atoms with E-state index in [0.29, 0.717) is 19.8 Å². The minimum atomic E-state index is -0.184. The molecule has 0 saturated heterocycles. The molecule has 1 atom stereocenters. The molecule has 1 aromatic rings. The largest absolute Gasteiger partial charge is 0.352 e. The van der Waals surface area contributed by atoms with E-state index < -0.39 is 0 Å². The van der Waals surface area contributed by atoms with Gasteiger partial charge in [0.2, 0.25) is 0 Å². The van der Waals surface area contributed by atoms with Gasteiger partial charge in [0, 0.05) is 32.0 Å². The van der Waals surface area contributed by atoms with E-state index in [1.807, 2.05) is 32.0 Å². The minimum Gasteiger partial charge on any atom is -0.352 e. The maximum atomic E-state index is 5.46. The zero-order valence-corrected chi connectivity index (χ0v) is 10.8. The van der Waals surface area contributed by atoms with E-state index in [1.54, 1.807) is 6.20 Å². The molecule has 0 aliphatic heterocycles. The summed E-state index contributed by atoms with van der Waals surface area (Å²) in [5.41, 5.74) is 1.03. The maximum absolute atomic E-state index is 5.46. The molecule has 1 rings (SSSR count). The molecule has 1 heterocycles. The van der Waals surface area contributed by atoms with Crippen molar-refractivity contribution in [2.75, 3.05) is 19.8 Å². The van der Waals surface area contributed by atoms with Crippen LogP contribution in [0.2, 0.25) is 0 Å². The number of rotatable bonds is 8. The van der Waals surface area contributed by atoms with Crippen LogP contribution >= 0.6 is 0 Å². The van der Waals surface area contributed by atoms with E-state index in [0.717, 1.165) is 5.69 Å². The molecular formula is C13H22N2O2. The fourth-order valence-electron chi connectivity index (χ4n) is 1.55. The van der Waals surface area contributed by atoms with Crippen molar-refractivity contribution in [1.29, 1.82) is 0 Å². The Balaban J connectivity index is 2.38. The van der Waals surface area contributed by atoms with Crippen molar-refractivity contribution in [2.45, 2.75) is 33.1 Å². The molecule has 0 fully saturated rings. The van der Waals surface area contributed by atoms with Crippen LogP contribution in [0.25, 0.3) is 0 Å². The Kier molecular flexibility index (Phi) is 6.77. The summed E-state index contributed by atoms with van der Waals surface area (Å²) < 4.78 is 10.9. The third-order valence-electron chi connectivity index (χ3n) is 2.43. The zero-order valence-electron chi connectivity index (χ0n) is 10.8. The van der Waals surface area contributed by atoms with Gasteiger partial charge < -0.3 is 14.8 Å². The SMILES string of the molecule is CCOC(CN[C@H](C)c1ccccn1)OCC. The normalized spacial score (nSPS) is 12.9. The lowest BCUT2D eigenvalue weighted by molar-refractivity contribution is -0.133. The Labute approximate surface area is 103 Å². The third kappa shape index (κ3) is 5.26. The van der Waals surface area contributed by atoms with Crippen molar-refractivity contribution in [3.05, 3.63) is 30.1 Å². The zero-order chi connectivity index (χ0) is 12.5. The fraction of sp³-hybridized carbons (Fsp3) is 0.615. The van der Waals surface area contributed by atoms with Crippen LogP contribution in [0.1, 0.15) is 32.5 Å². The molecule has 1 aromatic heterocycles. The summed E-state index contributed by atoms with van der Waals surface area (Å²) in [6, 6.07) is 6.11. The third-order valence-corrected chi connectivity index (χ3v) is 2.43. The fourth-order valence-corrected chi connectivity index (χ4v) is 1.55. The highest BCUT2D eigenvalue weighted by molar-refractivity contribution is 5.07. The van der Waals surface area contributed by atoms with Crippen molar-refractivity contribution >= 4 is 0 Å².